The molecule has 20 heavy (non-hydrogen) atoms. The van der Waals surface area contributed by atoms with Crippen molar-refractivity contribution in [1.29, 1.82) is 0 Å². The average molecular weight is 295 g/mol. The number of nitrogens with one attached hydrogen (secondary N) is 1. The van der Waals surface area contributed by atoms with Crippen molar-refractivity contribution < 1.29 is 13.9 Å². The Morgan fingerprint density at radius 3 is 3.10 bits per heavy atom. The number of anilines is 1. The quantitative estimate of drug-likeness (QED) is 0.790. The van der Waals surface area contributed by atoms with Crippen molar-refractivity contribution in [3.8, 4) is 0 Å². The monoisotopic (exact) mass is 295 g/mol. The van der Waals surface area contributed by atoms with Gasteiger partial charge in [0.1, 0.15) is 5.76 Å². The lowest BCUT2D eigenvalue weighted by Gasteiger charge is -1.98. The maximum absolute atomic E-state index is 11.1. The molecule has 0 aliphatic rings. The number of thiazole rings is 1. The van der Waals surface area contributed by atoms with Gasteiger partial charge >= 0.3 is 5.97 Å². The Hall–Kier alpha value is -1.89. The SMILES string of the molecule is CCc1cnc(CNc2nc(CCC(=O)OC)cs2)o1. The van der Waals surface area contributed by atoms with E-state index in [1.807, 2.05) is 12.3 Å². The highest BCUT2D eigenvalue weighted by molar-refractivity contribution is 7.13. The molecule has 0 aliphatic heterocycles. The Morgan fingerprint density at radius 2 is 2.40 bits per heavy atom. The first-order valence-corrected chi connectivity index (χ1v) is 7.28. The van der Waals surface area contributed by atoms with Crippen LogP contribution >= 0.6 is 11.3 Å². The fourth-order valence-electron chi connectivity index (χ4n) is 1.58. The summed E-state index contributed by atoms with van der Waals surface area (Å²) >= 11 is 1.50. The molecule has 0 bridgehead atoms. The van der Waals surface area contributed by atoms with Crippen LogP contribution in [0.3, 0.4) is 0 Å². The van der Waals surface area contributed by atoms with Crippen molar-refractivity contribution in [2.24, 2.45) is 0 Å². The summed E-state index contributed by atoms with van der Waals surface area (Å²) in [4.78, 5) is 19.6. The molecule has 1 N–H and O–H groups in total. The Bertz CT molecular complexity index is 565. The van der Waals surface area contributed by atoms with Gasteiger partial charge in [0.05, 0.1) is 32.0 Å². The van der Waals surface area contributed by atoms with Gasteiger partial charge < -0.3 is 14.5 Å². The summed E-state index contributed by atoms with van der Waals surface area (Å²) in [7, 11) is 1.39. The Morgan fingerprint density at radius 1 is 1.55 bits per heavy atom. The van der Waals surface area contributed by atoms with E-state index in [4.69, 9.17) is 4.42 Å². The molecule has 2 aromatic rings. The van der Waals surface area contributed by atoms with Crippen molar-refractivity contribution >= 4 is 22.4 Å². The molecule has 108 valence electrons. The van der Waals surface area contributed by atoms with Gasteiger partial charge in [0.2, 0.25) is 5.89 Å². The van der Waals surface area contributed by atoms with E-state index in [1.54, 1.807) is 6.20 Å². The number of methoxy groups -OCH3 is 1. The highest BCUT2D eigenvalue weighted by Crippen LogP contribution is 2.17. The first-order valence-electron chi connectivity index (χ1n) is 6.40. The lowest BCUT2D eigenvalue weighted by Crippen LogP contribution is -2.02. The number of aromatic nitrogens is 2. The molecule has 0 amide bonds. The predicted octanol–water partition coefficient (Wildman–Crippen LogP) is 2.41. The molecule has 7 heteroatoms. The van der Waals surface area contributed by atoms with Crippen LogP contribution in [0.4, 0.5) is 5.13 Å². The number of esters is 1. The second-order valence-corrected chi connectivity index (χ2v) is 5.01. The molecule has 0 aliphatic carbocycles. The first-order chi connectivity index (χ1) is 9.71. The van der Waals surface area contributed by atoms with Gasteiger partial charge in [-0.3, -0.25) is 4.79 Å². The summed E-state index contributed by atoms with van der Waals surface area (Å²) < 4.78 is 10.1. The molecule has 0 saturated carbocycles. The van der Waals surface area contributed by atoms with Crippen LogP contribution in [-0.2, 0) is 28.9 Å². The number of hydrogen-bond acceptors (Lipinski definition) is 7. The van der Waals surface area contributed by atoms with Crippen LogP contribution in [0.1, 0.15) is 30.7 Å². The second kappa shape index (κ2) is 7.04. The van der Waals surface area contributed by atoms with Crippen molar-refractivity contribution in [1.82, 2.24) is 9.97 Å². The summed E-state index contributed by atoms with van der Waals surface area (Å²) in [6.45, 7) is 2.52. The van der Waals surface area contributed by atoms with Crippen LogP contribution in [-0.4, -0.2) is 23.0 Å². The number of oxazole rings is 1. The molecule has 0 radical (unpaired) electrons. The van der Waals surface area contributed by atoms with Gasteiger partial charge in [0.15, 0.2) is 5.13 Å². The van der Waals surface area contributed by atoms with Crippen LogP contribution in [0.15, 0.2) is 16.0 Å². The van der Waals surface area contributed by atoms with Crippen LogP contribution in [0.2, 0.25) is 0 Å². The Kier molecular flexibility index (Phi) is 5.11. The zero-order valence-electron chi connectivity index (χ0n) is 11.5. The molecule has 2 aromatic heterocycles. The van der Waals surface area contributed by atoms with Crippen molar-refractivity contribution in [3.63, 3.8) is 0 Å². The zero-order valence-corrected chi connectivity index (χ0v) is 12.3. The maximum Gasteiger partial charge on any atom is 0.305 e. The number of aryl methyl sites for hydroxylation is 2. The number of ether oxygens (including phenoxy) is 1. The first kappa shape index (κ1) is 14.5. The van der Waals surface area contributed by atoms with E-state index < -0.39 is 0 Å². The fraction of sp³-hybridized carbons (Fsp3) is 0.462. The molecule has 6 nitrogen and oxygen atoms in total. The van der Waals surface area contributed by atoms with E-state index in [0.29, 0.717) is 25.3 Å². The predicted molar refractivity (Wildman–Crippen MR) is 75.7 cm³/mol. The lowest BCUT2D eigenvalue weighted by atomic mass is 10.2. The third-order valence-corrected chi connectivity index (χ3v) is 3.55. The third-order valence-electron chi connectivity index (χ3n) is 2.71. The van der Waals surface area contributed by atoms with Crippen LogP contribution in [0.5, 0.6) is 0 Å². The summed E-state index contributed by atoms with van der Waals surface area (Å²) in [5.74, 6) is 1.30. The highest BCUT2D eigenvalue weighted by atomic mass is 32.1. The van der Waals surface area contributed by atoms with E-state index in [2.05, 4.69) is 20.0 Å². The van der Waals surface area contributed by atoms with Crippen molar-refractivity contribution in [3.05, 3.63) is 28.9 Å². The lowest BCUT2D eigenvalue weighted by molar-refractivity contribution is -0.140. The van der Waals surface area contributed by atoms with Gasteiger partial charge in [-0.25, -0.2) is 9.97 Å². The van der Waals surface area contributed by atoms with Crippen molar-refractivity contribution in [2.45, 2.75) is 32.7 Å². The number of carbonyl (C=O) groups is 1. The fourth-order valence-corrected chi connectivity index (χ4v) is 2.32. The number of nitrogens with zero attached hydrogens (tertiary/aromatic N) is 2. The Balaban J connectivity index is 1.81. The largest absolute Gasteiger partial charge is 0.469 e. The van der Waals surface area contributed by atoms with Gasteiger partial charge in [-0.1, -0.05) is 6.92 Å². The molecular formula is C13H17N3O3S. The topological polar surface area (TPSA) is 77.2 Å². The molecule has 0 fully saturated rings. The van der Waals surface area contributed by atoms with E-state index in [-0.39, 0.29) is 5.97 Å². The maximum atomic E-state index is 11.1. The minimum Gasteiger partial charge on any atom is -0.469 e. The van der Waals surface area contributed by atoms with E-state index in [9.17, 15) is 4.79 Å². The van der Waals surface area contributed by atoms with Gasteiger partial charge in [-0.15, -0.1) is 11.3 Å². The normalized spacial score (nSPS) is 10.5. The summed E-state index contributed by atoms with van der Waals surface area (Å²) in [6.07, 6.45) is 3.51. The van der Waals surface area contributed by atoms with Gasteiger partial charge in [0, 0.05) is 18.2 Å². The number of hydrogen-bond donors (Lipinski definition) is 1. The molecule has 2 heterocycles. The van der Waals surface area contributed by atoms with E-state index >= 15 is 0 Å². The molecule has 0 saturated heterocycles. The molecule has 0 aromatic carbocycles. The summed E-state index contributed by atoms with van der Waals surface area (Å²) in [5.41, 5.74) is 0.879. The standard InChI is InChI=1S/C13H17N3O3S/c1-3-10-6-14-11(19-10)7-15-13-16-9(8-20-13)4-5-12(17)18-2/h6,8H,3-5,7H2,1-2H3,(H,15,16). The van der Waals surface area contributed by atoms with Gasteiger partial charge in [0.25, 0.3) is 0 Å². The molecule has 0 spiro atoms. The molecule has 2 rings (SSSR count). The summed E-state index contributed by atoms with van der Waals surface area (Å²) in [5, 5.41) is 5.88. The van der Waals surface area contributed by atoms with Gasteiger partial charge in [-0.05, 0) is 0 Å². The second-order valence-electron chi connectivity index (χ2n) is 4.15. The number of carbonyl (C=O) groups excluding carboxylic acids is 1. The van der Waals surface area contributed by atoms with E-state index in [0.717, 1.165) is 23.0 Å². The van der Waals surface area contributed by atoms with Crippen LogP contribution in [0.25, 0.3) is 0 Å². The zero-order chi connectivity index (χ0) is 14.4. The average Bonchev–Trinajstić information content (AvgIpc) is 3.11. The highest BCUT2D eigenvalue weighted by Gasteiger charge is 2.07. The summed E-state index contributed by atoms with van der Waals surface area (Å²) in [6, 6.07) is 0. The van der Waals surface area contributed by atoms with E-state index in [1.165, 1.54) is 18.4 Å². The third kappa shape index (κ3) is 4.06. The Labute approximate surface area is 121 Å². The minimum absolute atomic E-state index is 0.223. The van der Waals surface area contributed by atoms with Crippen molar-refractivity contribution in [2.75, 3.05) is 12.4 Å². The number of rotatable bonds is 7. The smallest absolute Gasteiger partial charge is 0.305 e. The molecular weight excluding hydrogens is 278 g/mol. The minimum atomic E-state index is -0.223. The van der Waals surface area contributed by atoms with Crippen LogP contribution in [0, 0.1) is 0 Å². The van der Waals surface area contributed by atoms with Crippen LogP contribution < -0.4 is 5.32 Å². The van der Waals surface area contributed by atoms with Gasteiger partial charge in [-0.2, -0.15) is 0 Å². The molecule has 0 unspecified atom stereocenters. The molecule has 0 atom stereocenters.